The summed E-state index contributed by atoms with van der Waals surface area (Å²) in [6, 6.07) is 15.3. The molecule has 0 aromatic heterocycles. The Hall–Kier alpha value is -3.15. The molecule has 3 amide bonds. The van der Waals surface area contributed by atoms with Crippen LogP contribution in [0.25, 0.3) is 0 Å². The molecular weight excluding hydrogens is 308 g/mol. The smallest absolute Gasteiger partial charge is 0.338 e. The standard InChI is InChI=1S/C18H16N2O4/c1-18(16(22)19-17(23)20-18)14-9-7-13(8-10-14)15(21)24-11-12-5-3-2-4-6-12/h2-10H,11H2,1H3,(H2,19,20,22,23)/t18-/m1/s1. The molecule has 1 aliphatic rings. The van der Waals surface area contributed by atoms with Crippen LogP contribution in [0.4, 0.5) is 4.79 Å². The van der Waals surface area contributed by atoms with E-state index in [9.17, 15) is 14.4 Å². The van der Waals surface area contributed by atoms with Crippen molar-refractivity contribution in [3.63, 3.8) is 0 Å². The number of rotatable bonds is 4. The van der Waals surface area contributed by atoms with Gasteiger partial charge in [0.2, 0.25) is 0 Å². The Morgan fingerprint density at radius 3 is 2.29 bits per heavy atom. The van der Waals surface area contributed by atoms with E-state index in [1.165, 1.54) is 0 Å². The molecule has 0 radical (unpaired) electrons. The molecule has 0 bridgehead atoms. The lowest BCUT2D eigenvalue weighted by atomic mass is 9.91. The van der Waals surface area contributed by atoms with Crippen molar-refractivity contribution in [1.82, 2.24) is 10.6 Å². The van der Waals surface area contributed by atoms with E-state index in [1.807, 2.05) is 30.3 Å². The van der Waals surface area contributed by atoms with Crippen LogP contribution in [-0.2, 0) is 21.7 Å². The zero-order valence-electron chi connectivity index (χ0n) is 13.0. The minimum Gasteiger partial charge on any atom is -0.457 e. The minimum atomic E-state index is -1.14. The number of carbonyl (C=O) groups is 3. The summed E-state index contributed by atoms with van der Waals surface area (Å²) in [5.41, 5.74) is 0.734. The first-order valence-electron chi connectivity index (χ1n) is 7.44. The third-order valence-electron chi connectivity index (χ3n) is 3.96. The Morgan fingerprint density at radius 2 is 1.71 bits per heavy atom. The molecule has 2 aromatic carbocycles. The number of hydrogen-bond donors (Lipinski definition) is 2. The molecule has 1 heterocycles. The van der Waals surface area contributed by atoms with Gasteiger partial charge in [0.1, 0.15) is 12.1 Å². The third kappa shape index (κ3) is 2.99. The summed E-state index contributed by atoms with van der Waals surface area (Å²) in [5, 5.41) is 4.78. The SMILES string of the molecule is C[C@]1(c2ccc(C(=O)OCc3ccccc3)cc2)NC(=O)NC1=O. The maximum absolute atomic E-state index is 12.1. The van der Waals surface area contributed by atoms with Crippen LogP contribution >= 0.6 is 0 Å². The third-order valence-corrected chi connectivity index (χ3v) is 3.96. The molecule has 0 aliphatic carbocycles. The number of urea groups is 1. The number of nitrogens with one attached hydrogen (secondary N) is 2. The molecule has 0 unspecified atom stereocenters. The van der Waals surface area contributed by atoms with Crippen LogP contribution < -0.4 is 10.6 Å². The van der Waals surface area contributed by atoms with E-state index in [2.05, 4.69) is 10.6 Å². The Kier molecular flexibility index (Phi) is 4.04. The number of carbonyl (C=O) groups excluding carboxylic acids is 3. The fraction of sp³-hybridized carbons (Fsp3) is 0.167. The normalized spacial score (nSPS) is 19.5. The highest BCUT2D eigenvalue weighted by Gasteiger charge is 2.43. The fourth-order valence-corrected chi connectivity index (χ4v) is 2.49. The largest absolute Gasteiger partial charge is 0.457 e. The first kappa shape index (κ1) is 15.7. The molecule has 6 nitrogen and oxygen atoms in total. The Labute approximate surface area is 138 Å². The van der Waals surface area contributed by atoms with Gasteiger partial charge in [-0.15, -0.1) is 0 Å². The van der Waals surface area contributed by atoms with Gasteiger partial charge in [-0.25, -0.2) is 9.59 Å². The molecule has 1 saturated heterocycles. The highest BCUT2D eigenvalue weighted by atomic mass is 16.5. The molecule has 24 heavy (non-hydrogen) atoms. The van der Waals surface area contributed by atoms with Crippen molar-refractivity contribution in [3.8, 4) is 0 Å². The van der Waals surface area contributed by atoms with E-state index < -0.39 is 23.4 Å². The number of esters is 1. The van der Waals surface area contributed by atoms with Crippen LogP contribution in [0.5, 0.6) is 0 Å². The molecule has 0 saturated carbocycles. The quantitative estimate of drug-likeness (QED) is 0.666. The van der Waals surface area contributed by atoms with Crippen LogP contribution in [0.1, 0.15) is 28.4 Å². The second-order valence-corrected chi connectivity index (χ2v) is 5.67. The van der Waals surface area contributed by atoms with Crippen molar-refractivity contribution in [3.05, 3.63) is 71.3 Å². The van der Waals surface area contributed by atoms with Gasteiger partial charge in [-0.2, -0.15) is 0 Å². The predicted molar refractivity (Wildman–Crippen MR) is 86.0 cm³/mol. The predicted octanol–water partition coefficient (Wildman–Crippen LogP) is 2.10. The van der Waals surface area contributed by atoms with Crippen molar-refractivity contribution < 1.29 is 19.1 Å². The molecule has 1 aliphatic heterocycles. The monoisotopic (exact) mass is 324 g/mol. The zero-order valence-corrected chi connectivity index (χ0v) is 13.0. The van der Waals surface area contributed by atoms with Crippen molar-refractivity contribution in [2.75, 3.05) is 0 Å². The van der Waals surface area contributed by atoms with Gasteiger partial charge >= 0.3 is 12.0 Å². The molecule has 6 heteroatoms. The molecule has 1 fully saturated rings. The number of hydrogen-bond acceptors (Lipinski definition) is 4. The summed E-state index contributed by atoms with van der Waals surface area (Å²) < 4.78 is 5.25. The second-order valence-electron chi connectivity index (χ2n) is 5.67. The fourth-order valence-electron chi connectivity index (χ4n) is 2.49. The van der Waals surface area contributed by atoms with Gasteiger partial charge in [0.25, 0.3) is 5.91 Å². The van der Waals surface area contributed by atoms with E-state index in [0.717, 1.165) is 5.56 Å². The van der Waals surface area contributed by atoms with Crippen LogP contribution in [-0.4, -0.2) is 17.9 Å². The summed E-state index contributed by atoms with van der Waals surface area (Å²) in [5.74, 6) is -0.873. The Bertz CT molecular complexity index is 786. The van der Waals surface area contributed by atoms with Gasteiger partial charge in [-0.05, 0) is 30.2 Å². The maximum atomic E-state index is 12.1. The number of benzene rings is 2. The molecule has 0 spiro atoms. The number of ether oxygens (including phenoxy) is 1. The minimum absolute atomic E-state index is 0.192. The van der Waals surface area contributed by atoms with Gasteiger partial charge in [-0.1, -0.05) is 42.5 Å². The first-order chi connectivity index (χ1) is 11.5. The lowest BCUT2D eigenvalue weighted by molar-refractivity contribution is -0.123. The highest BCUT2D eigenvalue weighted by Crippen LogP contribution is 2.24. The molecule has 2 aromatic rings. The molecule has 122 valence electrons. The average Bonchev–Trinajstić information content (AvgIpc) is 2.87. The maximum Gasteiger partial charge on any atom is 0.338 e. The number of imide groups is 1. The lowest BCUT2D eigenvalue weighted by Gasteiger charge is -2.21. The summed E-state index contributed by atoms with van der Waals surface area (Å²) in [4.78, 5) is 35.3. The van der Waals surface area contributed by atoms with Crippen molar-refractivity contribution in [2.24, 2.45) is 0 Å². The number of amides is 3. The molecular formula is C18H16N2O4. The lowest BCUT2D eigenvalue weighted by Crippen LogP contribution is -2.40. The molecule has 2 N–H and O–H groups in total. The first-order valence-corrected chi connectivity index (χ1v) is 7.44. The second kappa shape index (κ2) is 6.16. The van der Waals surface area contributed by atoms with Gasteiger partial charge in [0.15, 0.2) is 0 Å². The van der Waals surface area contributed by atoms with Crippen LogP contribution in [0, 0.1) is 0 Å². The Balaban J connectivity index is 1.69. The highest BCUT2D eigenvalue weighted by molar-refractivity contribution is 6.07. The van der Waals surface area contributed by atoms with Crippen molar-refractivity contribution >= 4 is 17.9 Å². The zero-order chi connectivity index (χ0) is 17.2. The van der Waals surface area contributed by atoms with Gasteiger partial charge < -0.3 is 10.1 Å². The topological polar surface area (TPSA) is 84.5 Å². The molecule has 3 rings (SSSR count). The van der Waals surface area contributed by atoms with E-state index >= 15 is 0 Å². The van der Waals surface area contributed by atoms with E-state index in [1.54, 1.807) is 31.2 Å². The summed E-state index contributed by atoms with van der Waals surface area (Å²) in [6.45, 7) is 1.80. The van der Waals surface area contributed by atoms with Gasteiger partial charge in [0.05, 0.1) is 5.56 Å². The van der Waals surface area contributed by atoms with Crippen molar-refractivity contribution in [1.29, 1.82) is 0 Å². The van der Waals surface area contributed by atoms with Crippen LogP contribution in [0.2, 0.25) is 0 Å². The average molecular weight is 324 g/mol. The Morgan fingerprint density at radius 1 is 1.04 bits per heavy atom. The summed E-state index contributed by atoms with van der Waals surface area (Å²) in [6.07, 6.45) is 0. The summed E-state index contributed by atoms with van der Waals surface area (Å²) in [7, 11) is 0. The molecule has 1 atom stereocenters. The van der Waals surface area contributed by atoms with E-state index in [0.29, 0.717) is 11.1 Å². The van der Waals surface area contributed by atoms with Gasteiger partial charge in [-0.3, -0.25) is 10.1 Å². The van der Waals surface area contributed by atoms with Crippen LogP contribution in [0.15, 0.2) is 54.6 Å². The van der Waals surface area contributed by atoms with E-state index in [-0.39, 0.29) is 6.61 Å². The van der Waals surface area contributed by atoms with E-state index in [4.69, 9.17) is 4.74 Å². The van der Waals surface area contributed by atoms with Crippen molar-refractivity contribution in [2.45, 2.75) is 19.1 Å². The van der Waals surface area contributed by atoms with Crippen LogP contribution in [0.3, 0.4) is 0 Å². The van der Waals surface area contributed by atoms with Gasteiger partial charge in [0, 0.05) is 0 Å². The summed E-state index contributed by atoms with van der Waals surface area (Å²) >= 11 is 0.